The molecule has 31 heavy (non-hydrogen) atoms. The van der Waals surface area contributed by atoms with Crippen molar-refractivity contribution in [2.45, 2.75) is 46.4 Å². The number of imide groups is 1. The molecule has 0 aliphatic heterocycles. The van der Waals surface area contributed by atoms with Crippen LogP contribution in [0, 0.1) is 24.2 Å². The van der Waals surface area contributed by atoms with Crippen LogP contribution in [-0.4, -0.2) is 30.7 Å². The molecular weight excluding hydrogens is 394 g/mol. The number of carbonyl (C=O) groups is 2. The molecule has 2 amide bonds. The highest BCUT2D eigenvalue weighted by atomic mass is 16.5. The minimum atomic E-state index is -0.778. The van der Waals surface area contributed by atoms with Crippen LogP contribution in [0.4, 0.5) is 4.79 Å². The molecule has 2 aromatic rings. The number of nitrogens with one attached hydrogen (secondary N) is 2. The van der Waals surface area contributed by atoms with Gasteiger partial charge in [0.05, 0.1) is 17.7 Å². The number of nitriles is 1. The van der Waals surface area contributed by atoms with Gasteiger partial charge in [-0.1, -0.05) is 43.7 Å². The van der Waals surface area contributed by atoms with Crippen molar-refractivity contribution in [1.82, 2.24) is 10.6 Å². The molecule has 1 unspecified atom stereocenters. The molecule has 164 valence electrons. The van der Waals surface area contributed by atoms with Gasteiger partial charge in [0, 0.05) is 6.04 Å². The first kappa shape index (κ1) is 23.9. The first-order valence-corrected chi connectivity index (χ1v) is 10.2. The van der Waals surface area contributed by atoms with Gasteiger partial charge in [-0.05, 0) is 49.6 Å². The Balaban J connectivity index is 1.82. The second kappa shape index (κ2) is 11.7. The number of aryl methyl sites for hydroxylation is 1. The van der Waals surface area contributed by atoms with Gasteiger partial charge in [0.2, 0.25) is 5.91 Å². The summed E-state index contributed by atoms with van der Waals surface area (Å²) < 4.78 is 10.9. The van der Waals surface area contributed by atoms with E-state index in [0.29, 0.717) is 17.9 Å². The summed E-state index contributed by atoms with van der Waals surface area (Å²) in [6, 6.07) is 15.7. The van der Waals surface area contributed by atoms with Crippen LogP contribution in [-0.2, 0) is 16.1 Å². The largest absolute Gasteiger partial charge is 0.492 e. The van der Waals surface area contributed by atoms with E-state index in [0.717, 1.165) is 11.1 Å². The summed E-state index contributed by atoms with van der Waals surface area (Å²) in [7, 11) is 0. The van der Waals surface area contributed by atoms with Crippen molar-refractivity contribution in [3.05, 3.63) is 65.2 Å². The van der Waals surface area contributed by atoms with Crippen LogP contribution >= 0.6 is 0 Å². The lowest BCUT2D eigenvalue weighted by Crippen LogP contribution is -2.53. The predicted octanol–water partition coefficient (Wildman–Crippen LogP) is 3.70. The topological polar surface area (TPSA) is 100 Å². The molecular formula is C24H29N3O4. The standard InChI is InChI=1S/C24H29N3O4/c1-16(2)22(26-18(4)14-30-21-11-9-19(13-25)10-12-21)23(28)27-24(29)31-15-20-7-5-17(3)6-8-20/h5-12,16,18,22,26H,14-15H2,1-4H3,(H,27,28,29)/t18?,22-/m0/s1. The lowest BCUT2D eigenvalue weighted by molar-refractivity contribution is -0.123. The highest BCUT2D eigenvalue weighted by Gasteiger charge is 2.26. The molecule has 2 N–H and O–H groups in total. The van der Waals surface area contributed by atoms with Crippen LogP contribution in [0.15, 0.2) is 48.5 Å². The van der Waals surface area contributed by atoms with Crippen LogP contribution in [0.5, 0.6) is 5.75 Å². The molecule has 2 aromatic carbocycles. The molecule has 0 aliphatic carbocycles. The van der Waals surface area contributed by atoms with E-state index in [1.807, 2.05) is 52.0 Å². The number of hydrogen-bond acceptors (Lipinski definition) is 6. The predicted molar refractivity (Wildman–Crippen MR) is 117 cm³/mol. The minimum Gasteiger partial charge on any atom is -0.492 e. The van der Waals surface area contributed by atoms with E-state index < -0.39 is 18.0 Å². The molecule has 0 radical (unpaired) electrons. The van der Waals surface area contributed by atoms with Crippen molar-refractivity contribution < 1.29 is 19.1 Å². The Morgan fingerprint density at radius 1 is 1.03 bits per heavy atom. The minimum absolute atomic E-state index is 0.0535. The second-order valence-corrected chi connectivity index (χ2v) is 7.79. The van der Waals surface area contributed by atoms with Gasteiger partial charge in [0.15, 0.2) is 0 Å². The number of ether oxygens (including phenoxy) is 2. The molecule has 0 bridgehead atoms. The summed E-state index contributed by atoms with van der Waals surface area (Å²) in [4.78, 5) is 24.6. The number of nitrogens with zero attached hydrogens (tertiary/aromatic N) is 1. The van der Waals surface area contributed by atoms with E-state index >= 15 is 0 Å². The van der Waals surface area contributed by atoms with E-state index in [9.17, 15) is 9.59 Å². The summed E-state index contributed by atoms with van der Waals surface area (Å²) in [6.45, 7) is 8.06. The SMILES string of the molecule is Cc1ccc(COC(=O)NC(=O)[C@@H](NC(C)COc2ccc(C#N)cc2)C(C)C)cc1. The highest BCUT2D eigenvalue weighted by molar-refractivity contribution is 5.95. The fraction of sp³-hybridized carbons (Fsp3) is 0.375. The lowest BCUT2D eigenvalue weighted by Gasteiger charge is -2.25. The average molecular weight is 424 g/mol. The van der Waals surface area contributed by atoms with E-state index in [1.54, 1.807) is 24.3 Å². The van der Waals surface area contributed by atoms with Gasteiger partial charge in [-0.25, -0.2) is 4.79 Å². The fourth-order valence-electron chi connectivity index (χ4n) is 2.82. The second-order valence-electron chi connectivity index (χ2n) is 7.79. The fourth-order valence-corrected chi connectivity index (χ4v) is 2.82. The van der Waals surface area contributed by atoms with Crippen LogP contribution < -0.4 is 15.4 Å². The number of amides is 2. The molecule has 0 fully saturated rings. The monoisotopic (exact) mass is 423 g/mol. The molecule has 2 atom stereocenters. The van der Waals surface area contributed by atoms with Crippen molar-refractivity contribution in [2.75, 3.05) is 6.61 Å². The molecule has 2 rings (SSSR count). The van der Waals surface area contributed by atoms with Gasteiger partial charge < -0.3 is 9.47 Å². The maximum Gasteiger partial charge on any atom is 0.414 e. The smallest absolute Gasteiger partial charge is 0.414 e. The normalized spacial score (nSPS) is 12.5. The third-order valence-corrected chi connectivity index (χ3v) is 4.61. The van der Waals surface area contributed by atoms with E-state index in [2.05, 4.69) is 16.7 Å². The zero-order valence-electron chi connectivity index (χ0n) is 18.3. The quantitative estimate of drug-likeness (QED) is 0.638. The summed E-state index contributed by atoms with van der Waals surface area (Å²) in [6.07, 6.45) is -0.778. The van der Waals surface area contributed by atoms with Gasteiger partial charge in [-0.15, -0.1) is 0 Å². The van der Waals surface area contributed by atoms with Gasteiger partial charge in [0.1, 0.15) is 19.0 Å². The van der Waals surface area contributed by atoms with Crippen LogP contribution in [0.2, 0.25) is 0 Å². The number of rotatable bonds is 9. The molecule has 0 aromatic heterocycles. The number of benzene rings is 2. The van der Waals surface area contributed by atoms with Crippen molar-refractivity contribution in [3.8, 4) is 11.8 Å². The Hall–Kier alpha value is -3.37. The van der Waals surface area contributed by atoms with Gasteiger partial charge in [-0.2, -0.15) is 5.26 Å². The number of carbonyl (C=O) groups excluding carboxylic acids is 2. The average Bonchev–Trinajstić information content (AvgIpc) is 2.75. The van der Waals surface area contributed by atoms with Crippen LogP contribution in [0.25, 0.3) is 0 Å². The highest BCUT2D eigenvalue weighted by Crippen LogP contribution is 2.12. The third kappa shape index (κ3) is 8.11. The summed E-state index contributed by atoms with van der Waals surface area (Å²) >= 11 is 0. The van der Waals surface area contributed by atoms with Crippen LogP contribution in [0.1, 0.15) is 37.5 Å². The maximum absolute atomic E-state index is 12.6. The molecule has 0 heterocycles. The summed E-state index contributed by atoms with van der Waals surface area (Å²) in [5.41, 5.74) is 2.52. The van der Waals surface area contributed by atoms with Gasteiger partial charge in [0.25, 0.3) is 0 Å². The number of alkyl carbamates (subject to hydrolysis) is 1. The molecule has 0 saturated carbocycles. The molecule has 0 aliphatic rings. The Kier molecular flexibility index (Phi) is 9.04. The van der Waals surface area contributed by atoms with Crippen molar-refractivity contribution in [1.29, 1.82) is 5.26 Å². The van der Waals surface area contributed by atoms with E-state index in [1.165, 1.54) is 0 Å². The lowest BCUT2D eigenvalue weighted by atomic mass is 10.0. The molecule has 0 saturated heterocycles. The van der Waals surface area contributed by atoms with Crippen LogP contribution in [0.3, 0.4) is 0 Å². The van der Waals surface area contributed by atoms with Crippen molar-refractivity contribution in [3.63, 3.8) is 0 Å². The maximum atomic E-state index is 12.6. The number of hydrogen-bond donors (Lipinski definition) is 2. The summed E-state index contributed by atoms with van der Waals surface area (Å²) in [5.74, 6) is 0.134. The summed E-state index contributed by atoms with van der Waals surface area (Å²) in [5, 5.41) is 14.3. The van der Waals surface area contributed by atoms with Crippen molar-refractivity contribution >= 4 is 12.0 Å². The first-order chi connectivity index (χ1) is 14.8. The van der Waals surface area contributed by atoms with Gasteiger partial charge >= 0.3 is 6.09 Å². The Bertz CT molecular complexity index is 902. The van der Waals surface area contributed by atoms with Crippen molar-refractivity contribution in [2.24, 2.45) is 5.92 Å². The molecule has 7 nitrogen and oxygen atoms in total. The third-order valence-electron chi connectivity index (χ3n) is 4.61. The zero-order chi connectivity index (χ0) is 22.8. The first-order valence-electron chi connectivity index (χ1n) is 10.2. The molecule has 7 heteroatoms. The van der Waals surface area contributed by atoms with E-state index in [4.69, 9.17) is 14.7 Å². The Morgan fingerprint density at radius 2 is 1.68 bits per heavy atom. The zero-order valence-corrected chi connectivity index (χ0v) is 18.3. The molecule has 0 spiro atoms. The Labute approximate surface area is 183 Å². The van der Waals surface area contributed by atoms with Gasteiger partial charge in [-0.3, -0.25) is 15.4 Å². The van der Waals surface area contributed by atoms with E-state index in [-0.39, 0.29) is 18.6 Å². The Morgan fingerprint density at radius 3 is 2.26 bits per heavy atom.